The predicted octanol–water partition coefficient (Wildman–Crippen LogP) is 3.72. The normalized spacial score (nSPS) is 10.6. The molecule has 0 radical (unpaired) electrons. The van der Waals surface area contributed by atoms with E-state index in [0.29, 0.717) is 6.61 Å². The fourth-order valence-electron chi connectivity index (χ4n) is 1.67. The lowest BCUT2D eigenvalue weighted by molar-refractivity contribution is 0.181. The highest BCUT2D eigenvalue weighted by molar-refractivity contribution is 9.10. The van der Waals surface area contributed by atoms with Crippen molar-refractivity contribution in [3.8, 4) is 0 Å². The summed E-state index contributed by atoms with van der Waals surface area (Å²) in [6.07, 6.45) is 0. The fraction of sp³-hybridized carbons (Fsp3) is 0.286. The highest BCUT2D eigenvalue weighted by atomic mass is 79.9. The molecule has 0 spiro atoms. The van der Waals surface area contributed by atoms with Crippen LogP contribution in [-0.2, 0) is 17.1 Å². The molecular formula is C14H16BrN3OS. The van der Waals surface area contributed by atoms with Gasteiger partial charge in [-0.3, -0.25) is 0 Å². The molecule has 0 aliphatic carbocycles. The van der Waals surface area contributed by atoms with Crippen molar-refractivity contribution < 1.29 is 4.74 Å². The quantitative estimate of drug-likeness (QED) is 0.802. The Bertz CT molecular complexity index is 580. The third-order valence-electron chi connectivity index (χ3n) is 2.57. The summed E-state index contributed by atoms with van der Waals surface area (Å²) in [4.78, 5) is 10.1. The highest BCUT2D eigenvalue weighted by Gasteiger charge is 2.06. The second kappa shape index (κ2) is 7.61. The Morgan fingerprint density at radius 2 is 2.10 bits per heavy atom. The van der Waals surface area contributed by atoms with E-state index in [0.717, 1.165) is 27.6 Å². The van der Waals surface area contributed by atoms with E-state index in [1.54, 1.807) is 18.9 Å². The van der Waals surface area contributed by atoms with Gasteiger partial charge in [0.25, 0.3) is 0 Å². The van der Waals surface area contributed by atoms with Gasteiger partial charge in [-0.15, -0.1) is 11.8 Å². The van der Waals surface area contributed by atoms with Crippen LogP contribution in [0.5, 0.6) is 0 Å². The van der Waals surface area contributed by atoms with Crippen molar-refractivity contribution in [1.82, 2.24) is 9.97 Å². The lowest BCUT2D eigenvalue weighted by Crippen LogP contribution is -2.03. The molecular weight excluding hydrogens is 338 g/mol. The van der Waals surface area contributed by atoms with Gasteiger partial charge in [-0.05, 0) is 28.1 Å². The molecule has 6 heteroatoms. The molecule has 0 unspecified atom stereocenters. The summed E-state index contributed by atoms with van der Waals surface area (Å²) in [5, 5.41) is 3.05. The topological polar surface area (TPSA) is 47.0 Å². The maximum atomic E-state index is 5.13. The van der Waals surface area contributed by atoms with Gasteiger partial charge in [0.05, 0.1) is 18.1 Å². The van der Waals surface area contributed by atoms with Crippen LogP contribution < -0.4 is 5.32 Å². The van der Waals surface area contributed by atoms with E-state index < -0.39 is 0 Å². The number of nitrogens with zero attached hydrogens (tertiary/aromatic N) is 2. The molecule has 1 N–H and O–H groups in total. The summed E-state index contributed by atoms with van der Waals surface area (Å²) in [7, 11) is 3.51. The molecule has 0 bridgehead atoms. The highest BCUT2D eigenvalue weighted by Crippen LogP contribution is 2.29. The van der Waals surface area contributed by atoms with Gasteiger partial charge in [-0.2, -0.15) is 0 Å². The summed E-state index contributed by atoms with van der Waals surface area (Å²) in [6.45, 7) is 0.490. The first-order valence-corrected chi connectivity index (χ1v) is 7.91. The zero-order valence-electron chi connectivity index (χ0n) is 11.4. The van der Waals surface area contributed by atoms with Gasteiger partial charge in [-0.1, -0.05) is 12.1 Å². The maximum absolute atomic E-state index is 5.13. The van der Waals surface area contributed by atoms with Crippen molar-refractivity contribution in [2.75, 3.05) is 19.5 Å². The summed E-state index contributed by atoms with van der Waals surface area (Å²) < 4.78 is 6.22. The van der Waals surface area contributed by atoms with Crippen molar-refractivity contribution in [1.29, 1.82) is 0 Å². The molecule has 2 aromatic rings. The lowest BCUT2D eigenvalue weighted by atomic mass is 10.4. The number of aromatic nitrogens is 2. The molecule has 1 aromatic heterocycles. The zero-order chi connectivity index (χ0) is 14.4. The Hall–Kier alpha value is -1.11. The second-order valence-electron chi connectivity index (χ2n) is 4.06. The van der Waals surface area contributed by atoms with Crippen LogP contribution in [0.2, 0.25) is 0 Å². The first kappa shape index (κ1) is 15.3. The van der Waals surface area contributed by atoms with Crippen LogP contribution in [0, 0.1) is 0 Å². The molecule has 0 fully saturated rings. The standard InChI is InChI=1S/C14H16BrN3OS/c1-16-13-7-10(8-19-2)17-14(18-13)9-20-12-6-4-3-5-11(12)15/h3-7H,8-9H2,1-2H3,(H,16,17,18). The number of rotatable bonds is 6. The third kappa shape index (κ3) is 4.19. The minimum absolute atomic E-state index is 0.490. The molecule has 20 heavy (non-hydrogen) atoms. The van der Waals surface area contributed by atoms with Crippen LogP contribution in [0.3, 0.4) is 0 Å². The van der Waals surface area contributed by atoms with E-state index in [1.165, 1.54) is 4.90 Å². The molecule has 1 heterocycles. The minimum Gasteiger partial charge on any atom is -0.378 e. The van der Waals surface area contributed by atoms with E-state index in [9.17, 15) is 0 Å². The average molecular weight is 354 g/mol. The lowest BCUT2D eigenvalue weighted by Gasteiger charge is -2.08. The van der Waals surface area contributed by atoms with Crippen LogP contribution >= 0.6 is 27.7 Å². The number of hydrogen-bond donors (Lipinski definition) is 1. The van der Waals surface area contributed by atoms with E-state index in [4.69, 9.17) is 4.74 Å². The van der Waals surface area contributed by atoms with Crippen LogP contribution in [0.15, 0.2) is 39.7 Å². The van der Waals surface area contributed by atoms with Crippen molar-refractivity contribution in [2.24, 2.45) is 0 Å². The van der Waals surface area contributed by atoms with Crippen LogP contribution in [0.25, 0.3) is 0 Å². The van der Waals surface area contributed by atoms with Crippen LogP contribution in [0.4, 0.5) is 5.82 Å². The van der Waals surface area contributed by atoms with Crippen molar-refractivity contribution in [2.45, 2.75) is 17.3 Å². The largest absolute Gasteiger partial charge is 0.378 e. The fourth-order valence-corrected chi connectivity index (χ4v) is 3.09. The predicted molar refractivity (Wildman–Crippen MR) is 86.0 cm³/mol. The van der Waals surface area contributed by atoms with Crippen LogP contribution in [0.1, 0.15) is 11.5 Å². The van der Waals surface area contributed by atoms with E-state index in [2.05, 4.69) is 37.3 Å². The summed E-state index contributed by atoms with van der Waals surface area (Å²) in [5.74, 6) is 2.33. The molecule has 1 aromatic carbocycles. The Kier molecular flexibility index (Phi) is 5.82. The Labute approximate surface area is 131 Å². The van der Waals surface area contributed by atoms with Gasteiger partial charge >= 0.3 is 0 Å². The number of thioether (sulfide) groups is 1. The molecule has 2 rings (SSSR count). The van der Waals surface area contributed by atoms with Gasteiger partial charge < -0.3 is 10.1 Å². The van der Waals surface area contributed by atoms with E-state index >= 15 is 0 Å². The molecule has 4 nitrogen and oxygen atoms in total. The van der Waals surface area contributed by atoms with Crippen molar-refractivity contribution >= 4 is 33.5 Å². The summed E-state index contributed by atoms with van der Waals surface area (Å²) >= 11 is 5.25. The second-order valence-corrected chi connectivity index (χ2v) is 5.93. The molecule has 0 amide bonds. The number of nitrogens with one attached hydrogen (secondary N) is 1. The Balaban J connectivity index is 2.12. The average Bonchev–Trinajstić information content (AvgIpc) is 2.46. The molecule has 0 saturated heterocycles. The zero-order valence-corrected chi connectivity index (χ0v) is 13.8. The van der Waals surface area contributed by atoms with Gasteiger partial charge in [0.1, 0.15) is 11.6 Å². The monoisotopic (exact) mass is 353 g/mol. The van der Waals surface area contributed by atoms with Crippen molar-refractivity contribution in [3.05, 3.63) is 46.3 Å². The molecule has 106 valence electrons. The number of ether oxygens (including phenoxy) is 1. The third-order valence-corrected chi connectivity index (χ3v) is 4.59. The number of hydrogen-bond acceptors (Lipinski definition) is 5. The van der Waals surface area contributed by atoms with Crippen LogP contribution in [-0.4, -0.2) is 24.1 Å². The van der Waals surface area contributed by atoms with Gasteiger partial charge in [0.15, 0.2) is 0 Å². The first-order chi connectivity index (χ1) is 9.72. The van der Waals surface area contributed by atoms with E-state index in [-0.39, 0.29) is 0 Å². The van der Waals surface area contributed by atoms with Gasteiger partial charge in [0, 0.05) is 29.6 Å². The molecule has 0 aliphatic heterocycles. The van der Waals surface area contributed by atoms with E-state index in [1.807, 2.05) is 31.3 Å². The molecule has 0 atom stereocenters. The Morgan fingerprint density at radius 3 is 2.80 bits per heavy atom. The van der Waals surface area contributed by atoms with Crippen molar-refractivity contribution in [3.63, 3.8) is 0 Å². The van der Waals surface area contributed by atoms with Gasteiger partial charge in [-0.25, -0.2) is 9.97 Å². The molecule has 0 saturated carbocycles. The SMILES string of the molecule is CNc1cc(COC)nc(CSc2ccccc2Br)n1. The minimum atomic E-state index is 0.490. The number of methoxy groups -OCH3 is 1. The summed E-state index contributed by atoms with van der Waals surface area (Å²) in [5.41, 5.74) is 0.884. The van der Waals surface area contributed by atoms with Gasteiger partial charge in [0.2, 0.25) is 0 Å². The number of halogens is 1. The number of benzene rings is 1. The molecule has 0 aliphatic rings. The summed E-state index contributed by atoms with van der Waals surface area (Å²) in [6, 6.07) is 10.0. The smallest absolute Gasteiger partial charge is 0.141 e. The number of anilines is 1. The Morgan fingerprint density at radius 1 is 1.30 bits per heavy atom. The first-order valence-electron chi connectivity index (χ1n) is 6.13. The maximum Gasteiger partial charge on any atom is 0.141 e.